The van der Waals surface area contributed by atoms with E-state index in [2.05, 4.69) is 20.6 Å². The average molecular weight is 556 g/mol. The number of hydrogen-bond acceptors (Lipinski definition) is 6. The predicted molar refractivity (Wildman–Crippen MR) is 153 cm³/mol. The number of rotatable bonds is 15. The highest BCUT2D eigenvalue weighted by molar-refractivity contribution is 5.95. The molecule has 1 fully saturated rings. The number of unbranched alkanes of at least 4 members (excludes halogenated alkanes) is 1. The molecular formula is C27H41N9O4. The Kier molecular flexibility index (Phi) is 11.3. The van der Waals surface area contributed by atoms with Crippen LogP contribution in [0.3, 0.4) is 0 Å². The Bertz CT molecular complexity index is 1210. The fourth-order valence-electron chi connectivity index (χ4n) is 5.00. The third-order valence-electron chi connectivity index (χ3n) is 7.09. The van der Waals surface area contributed by atoms with Crippen LogP contribution in [0, 0.1) is 0 Å². The van der Waals surface area contributed by atoms with Crippen molar-refractivity contribution in [3.05, 3.63) is 36.0 Å². The van der Waals surface area contributed by atoms with Crippen molar-refractivity contribution >= 4 is 40.5 Å². The van der Waals surface area contributed by atoms with E-state index in [-0.39, 0.29) is 31.3 Å². The van der Waals surface area contributed by atoms with Gasteiger partial charge in [0, 0.05) is 30.2 Å². The number of H-pyrrole nitrogens is 1. The van der Waals surface area contributed by atoms with Crippen molar-refractivity contribution in [3.8, 4) is 0 Å². The van der Waals surface area contributed by atoms with Crippen LogP contribution in [0.25, 0.3) is 10.9 Å². The predicted octanol–water partition coefficient (Wildman–Crippen LogP) is -0.661. The van der Waals surface area contributed by atoms with Crippen LogP contribution in [-0.2, 0) is 25.6 Å². The maximum atomic E-state index is 13.4. The number of aromatic amines is 1. The van der Waals surface area contributed by atoms with Crippen LogP contribution < -0.4 is 33.6 Å². The first-order valence-corrected chi connectivity index (χ1v) is 13.7. The highest BCUT2D eigenvalue weighted by Gasteiger charge is 2.36. The summed E-state index contributed by atoms with van der Waals surface area (Å²) in [6, 6.07) is 5.12. The van der Waals surface area contributed by atoms with Crippen molar-refractivity contribution in [2.75, 3.05) is 19.6 Å². The van der Waals surface area contributed by atoms with E-state index in [1.165, 1.54) is 0 Å². The smallest absolute Gasteiger partial charge is 0.243 e. The third kappa shape index (κ3) is 8.43. The van der Waals surface area contributed by atoms with Gasteiger partial charge < -0.3 is 43.5 Å². The van der Waals surface area contributed by atoms with E-state index in [9.17, 15) is 19.2 Å². The molecule has 1 aliphatic rings. The molecule has 3 unspecified atom stereocenters. The highest BCUT2D eigenvalue weighted by Crippen LogP contribution is 2.23. The molecule has 40 heavy (non-hydrogen) atoms. The van der Waals surface area contributed by atoms with Crippen LogP contribution in [-0.4, -0.2) is 77.2 Å². The standard InChI is InChI=1S/C27H41N9O4/c28-12-2-1-7-21(25(39)34-20(24(29)38)9-4-13-33-27(30)31)35-26(40)22-10-5-15-36(22)23(37)16-17-6-3-8-19-18(17)11-14-32-19/h3,6,8,11,14,20-22,32H,1-2,4-5,7,9-10,12-13,15-16,28H2,(H2,29,38)(H,34,39)(H,35,40)(H4,30,31,33). The number of nitrogens with one attached hydrogen (secondary N) is 3. The molecule has 13 nitrogen and oxygen atoms in total. The monoisotopic (exact) mass is 555 g/mol. The van der Waals surface area contributed by atoms with E-state index in [1.54, 1.807) is 4.90 Å². The van der Waals surface area contributed by atoms with Crippen molar-refractivity contribution < 1.29 is 19.2 Å². The summed E-state index contributed by atoms with van der Waals surface area (Å²) in [6.07, 6.45) is 5.41. The van der Waals surface area contributed by atoms with Gasteiger partial charge in [0.15, 0.2) is 5.96 Å². The SMILES string of the molecule is NCCCCC(NC(=O)C1CCCN1C(=O)Cc1cccc2[nH]ccc12)C(=O)NC(CCCN=C(N)N)C(N)=O. The number of fused-ring (bicyclic) bond motifs is 1. The lowest BCUT2D eigenvalue weighted by molar-refractivity contribution is -0.139. The summed E-state index contributed by atoms with van der Waals surface area (Å²) >= 11 is 0. The number of primary amides is 1. The van der Waals surface area contributed by atoms with Gasteiger partial charge in [-0.3, -0.25) is 24.2 Å². The van der Waals surface area contributed by atoms with Gasteiger partial charge in [-0.2, -0.15) is 0 Å². The molecule has 0 saturated carbocycles. The van der Waals surface area contributed by atoms with Crippen molar-refractivity contribution in [2.45, 2.75) is 69.5 Å². The van der Waals surface area contributed by atoms with Gasteiger partial charge in [0.1, 0.15) is 18.1 Å². The molecule has 2 heterocycles. The molecule has 1 saturated heterocycles. The van der Waals surface area contributed by atoms with E-state index in [0.717, 1.165) is 16.5 Å². The second-order valence-electron chi connectivity index (χ2n) is 10.0. The largest absolute Gasteiger partial charge is 0.370 e. The number of nitrogens with two attached hydrogens (primary N) is 4. The lowest BCUT2D eigenvalue weighted by Crippen LogP contribution is -2.56. The number of hydrogen-bond donors (Lipinski definition) is 7. The minimum Gasteiger partial charge on any atom is -0.370 e. The van der Waals surface area contributed by atoms with Crippen LogP contribution >= 0.6 is 0 Å². The molecule has 1 aromatic carbocycles. The molecule has 1 aromatic heterocycles. The van der Waals surface area contributed by atoms with Crippen LogP contribution in [0.5, 0.6) is 0 Å². The number of carbonyl (C=O) groups is 4. The fraction of sp³-hybridized carbons (Fsp3) is 0.519. The summed E-state index contributed by atoms with van der Waals surface area (Å²) < 4.78 is 0. The molecule has 0 spiro atoms. The summed E-state index contributed by atoms with van der Waals surface area (Å²) in [5.74, 6) is -1.84. The van der Waals surface area contributed by atoms with E-state index >= 15 is 0 Å². The van der Waals surface area contributed by atoms with Crippen molar-refractivity contribution in [2.24, 2.45) is 27.9 Å². The highest BCUT2D eigenvalue weighted by atomic mass is 16.2. The lowest BCUT2D eigenvalue weighted by atomic mass is 10.0. The number of aromatic nitrogens is 1. The first kappa shape index (κ1) is 30.4. The maximum absolute atomic E-state index is 13.4. The summed E-state index contributed by atoms with van der Waals surface area (Å²) in [6.45, 7) is 1.18. The molecule has 2 aromatic rings. The molecular weight excluding hydrogens is 514 g/mol. The second-order valence-corrected chi connectivity index (χ2v) is 10.0. The Hall–Kier alpha value is -4.13. The zero-order valence-corrected chi connectivity index (χ0v) is 22.7. The number of aliphatic imine (C=N–C) groups is 1. The van der Waals surface area contributed by atoms with E-state index in [1.807, 2.05) is 30.5 Å². The van der Waals surface area contributed by atoms with E-state index in [0.29, 0.717) is 51.6 Å². The summed E-state index contributed by atoms with van der Waals surface area (Å²) in [5.41, 5.74) is 23.6. The van der Waals surface area contributed by atoms with Gasteiger partial charge in [-0.25, -0.2) is 0 Å². The molecule has 3 rings (SSSR count). The molecule has 0 bridgehead atoms. The molecule has 0 aliphatic carbocycles. The van der Waals surface area contributed by atoms with Gasteiger partial charge >= 0.3 is 0 Å². The molecule has 3 atom stereocenters. The average Bonchev–Trinajstić information content (AvgIpc) is 3.60. The Labute approximate surface area is 233 Å². The van der Waals surface area contributed by atoms with Gasteiger partial charge in [-0.15, -0.1) is 0 Å². The Morgan fingerprint density at radius 2 is 1.80 bits per heavy atom. The van der Waals surface area contributed by atoms with Gasteiger partial charge in [0.05, 0.1) is 6.42 Å². The number of likely N-dealkylation sites (tertiary alicyclic amines) is 1. The number of amides is 4. The van der Waals surface area contributed by atoms with Gasteiger partial charge in [0.2, 0.25) is 23.6 Å². The van der Waals surface area contributed by atoms with Crippen molar-refractivity contribution in [1.82, 2.24) is 20.5 Å². The molecule has 13 heteroatoms. The van der Waals surface area contributed by atoms with E-state index in [4.69, 9.17) is 22.9 Å². The zero-order chi connectivity index (χ0) is 29.1. The second kappa shape index (κ2) is 14.9. The Morgan fingerprint density at radius 3 is 2.52 bits per heavy atom. The number of guanidine groups is 1. The van der Waals surface area contributed by atoms with Crippen LogP contribution in [0.15, 0.2) is 35.5 Å². The van der Waals surface area contributed by atoms with Gasteiger partial charge in [-0.1, -0.05) is 12.1 Å². The summed E-state index contributed by atoms with van der Waals surface area (Å²) in [5, 5.41) is 6.44. The summed E-state index contributed by atoms with van der Waals surface area (Å²) in [7, 11) is 0. The molecule has 1 aliphatic heterocycles. The third-order valence-corrected chi connectivity index (χ3v) is 7.09. The lowest BCUT2D eigenvalue weighted by Gasteiger charge is -2.27. The topological polar surface area (TPSA) is 228 Å². The van der Waals surface area contributed by atoms with Crippen molar-refractivity contribution in [3.63, 3.8) is 0 Å². The summed E-state index contributed by atoms with van der Waals surface area (Å²) in [4.78, 5) is 60.4. The Morgan fingerprint density at radius 1 is 1.02 bits per heavy atom. The molecule has 11 N–H and O–H groups in total. The number of carbonyl (C=O) groups excluding carboxylic acids is 4. The zero-order valence-electron chi connectivity index (χ0n) is 22.7. The number of nitrogens with zero attached hydrogens (tertiary/aromatic N) is 2. The van der Waals surface area contributed by atoms with Crippen molar-refractivity contribution in [1.29, 1.82) is 0 Å². The Balaban J connectivity index is 1.65. The minimum absolute atomic E-state index is 0.0664. The van der Waals surface area contributed by atoms with Gasteiger partial charge in [-0.05, 0) is 69.2 Å². The fourth-order valence-corrected chi connectivity index (χ4v) is 5.00. The molecule has 218 valence electrons. The minimum atomic E-state index is -0.948. The van der Waals surface area contributed by atoms with E-state index < -0.39 is 35.8 Å². The first-order valence-electron chi connectivity index (χ1n) is 13.7. The first-order chi connectivity index (χ1) is 19.2. The number of benzene rings is 1. The normalized spacial score (nSPS) is 16.3. The maximum Gasteiger partial charge on any atom is 0.243 e. The van der Waals surface area contributed by atoms with Gasteiger partial charge in [0.25, 0.3) is 0 Å². The van der Waals surface area contributed by atoms with Crippen LogP contribution in [0.1, 0.15) is 50.5 Å². The van der Waals surface area contributed by atoms with Crippen LogP contribution in [0.4, 0.5) is 0 Å². The quantitative estimate of drug-likeness (QED) is 0.0851. The molecule has 4 amide bonds. The van der Waals surface area contributed by atoms with Crippen LogP contribution in [0.2, 0.25) is 0 Å². The molecule has 0 radical (unpaired) electrons.